The summed E-state index contributed by atoms with van der Waals surface area (Å²) in [6, 6.07) is 6.14. The van der Waals surface area contributed by atoms with E-state index in [0.717, 1.165) is 0 Å². The van der Waals surface area contributed by atoms with E-state index in [-0.39, 0.29) is 6.54 Å². The lowest BCUT2D eigenvalue weighted by Crippen LogP contribution is -2.37. The molecule has 84 valence electrons. The van der Waals surface area contributed by atoms with Crippen LogP contribution in [0, 0.1) is 0 Å². The van der Waals surface area contributed by atoms with Crippen LogP contribution in [-0.2, 0) is 4.79 Å². The minimum Gasteiger partial charge on any atom is -0.372 e. The van der Waals surface area contributed by atoms with Crippen molar-refractivity contribution < 1.29 is 4.79 Å². The summed E-state index contributed by atoms with van der Waals surface area (Å²) in [4.78, 5) is 13.6. The second kappa shape index (κ2) is 5.85. The summed E-state index contributed by atoms with van der Waals surface area (Å²) in [5, 5.41) is 6.57. The number of anilines is 1. The van der Waals surface area contributed by atoms with Crippen LogP contribution in [0.4, 0.5) is 5.69 Å². The van der Waals surface area contributed by atoms with Gasteiger partial charge in [0.15, 0.2) is 0 Å². The molecular weight excluding hydrogens is 230 g/mol. The number of nitrogens with two attached hydrogens (primary N) is 1. The van der Waals surface area contributed by atoms with Crippen LogP contribution in [0.15, 0.2) is 29.4 Å². The molecule has 3 N–H and O–H groups in total. The van der Waals surface area contributed by atoms with Crippen LogP contribution in [0.25, 0.3) is 10.4 Å². The summed E-state index contributed by atoms with van der Waals surface area (Å²) in [5.41, 5.74) is 13.9. The van der Waals surface area contributed by atoms with E-state index in [4.69, 9.17) is 22.9 Å². The number of para-hydroxylation sites is 1. The summed E-state index contributed by atoms with van der Waals surface area (Å²) in [7, 11) is 0. The summed E-state index contributed by atoms with van der Waals surface area (Å²) in [6.45, 7) is -0.0585. The van der Waals surface area contributed by atoms with Gasteiger partial charge in [0, 0.05) is 4.91 Å². The Kier molecular flexibility index (Phi) is 4.44. The van der Waals surface area contributed by atoms with E-state index in [1.807, 2.05) is 0 Å². The van der Waals surface area contributed by atoms with Crippen LogP contribution in [0.1, 0.15) is 0 Å². The maximum atomic E-state index is 11.1. The van der Waals surface area contributed by atoms with E-state index in [1.54, 1.807) is 24.3 Å². The fourth-order valence-electron chi connectivity index (χ4n) is 1.09. The predicted molar refractivity (Wildman–Crippen MR) is 62.1 cm³/mol. The van der Waals surface area contributed by atoms with E-state index < -0.39 is 11.9 Å². The molecule has 0 aliphatic rings. The topological polar surface area (TPSA) is 104 Å². The first-order chi connectivity index (χ1) is 7.65. The Morgan fingerprint density at radius 1 is 1.62 bits per heavy atom. The molecule has 1 rings (SSSR count). The number of azide groups is 1. The third-order valence-corrected chi connectivity index (χ3v) is 2.20. The summed E-state index contributed by atoms with van der Waals surface area (Å²) < 4.78 is 0. The average molecular weight is 240 g/mol. The molecule has 0 saturated heterocycles. The van der Waals surface area contributed by atoms with Crippen molar-refractivity contribution in [3.63, 3.8) is 0 Å². The van der Waals surface area contributed by atoms with Gasteiger partial charge in [-0.2, -0.15) is 0 Å². The number of primary amides is 1. The van der Waals surface area contributed by atoms with Crippen molar-refractivity contribution in [1.29, 1.82) is 0 Å². The van der Waals surface area contributed by atoms with Gasteiger partial charge in [-0.1, -0.05) is 28.8 Å². The highest BCUT2D eigenvalue weighted by Crippen LogP contribution is 2.21. The van der Waals surface area contributed by atoms with E-state index in [9.17, 15) is 4.79 Å². The molecule has 0 fully saturated rings. The van der Waals surface area contributed by atoms with Crippen LogP contribution in [0.3, 0.4) is 0 Å². The second-order valence-corrected chi connectivity index (χ2v) is 3.40. The highest BCUT2D eigenvalue weighted by molar-refractivity contribution is 6.33. The maximum absolute atomic E-state index is 11.1. The largest absolute Gasteiger partial charge is 0.372 e. The molecule has 0 saturated carbocycles. The zero-order valence-electron chi connectivity index (χ0n) is 8.30. The summed E-state index contributed by atoms with van der Waals surface area (Å²) >= 11 is 5.89. The Morgan fingerprint density at radius 3 is 2.88 bits per heavy atom. The molecular formula is C9H10ClN5O. The zero-order valence-corrected chi connectivity index (χ0v) is 9.05. The van der Waals surface area contributed by atoms with Gasteiger partial charge < -0.3 is 11.1 Å². The number of hydrogen-bond donors (Lipinski definition) is 2. The number of rotatable bonds is 5. The molecule has 1 unspecified atom stereocenters. The molecule has 7 heteroatoms. The molecule has 16 heavy (non-hydrogen) atoms. The van der Waals surface area contributed by atoms with Crippen molar-refractivity contribution in [2.75, 3.05) is 11.9 Å². The number of benzene rings is 1. The van der Waals surface area contributed by atoms with E-state index in [2.05, 4.69) is 15.3 Å². The van der Waals surface area contributed by atoms with Gasteiger partial charge in [0.1, 0.15) is 6.04 Å². The first kappa shape index (κ1) is 12.2. The Balaban J connectivity index is 2.79. The minimum absolute atomic E-state index is 0.0585. The van der Waals surface area contributed by atoms with Gasteiger partial charge in [-0.15, -0.1) is 0 Å². The lowest BCUT2D eigenvalue weighted by Gasteiger charge is -2.15. The Bertz CT molecular complexity index is 430. The quantitative estimate of drug-likeness (QED) is 0.466. The first-order valence-corrected chi connectivity index (χ1v) is 4.84. The Hall–Kier alpha value is -1.91. The van der Waals surface area contributed by atoms with E-state index in [1.165, 1.54) is 0 Å². The molecule has 1 aromatic carbocycles. The molecule has 0 spiro atoms. The van der Waals surface area contributed by atoms with Crippen molar-refractivity contribution in [1.82, 2.24) is 0 Å². The molecule has 0 heterocycles. The SMILES string of the molecule is [N-]=[N+]=NCC(Nc1ccccc1Cl)C(N)=O. The van der Waals surface area contributed by atoms with Gasteiger partial charge in [0.25, 0.3) is 0 Å². The van der Waals surface area contributed by atoms with Gasteiger partial charge in [-0.3, -0.25) is 4.79 Å². The minimum atomic E-state index is -0.768. The molecule has 1 aromatic rings. The standard InChI is InChI=1S/C9H10ClN5O/c10-6-3-1-2-4-7(6)14-8(9(11)16)5-13-15-12/h1-4,8,14H,5H2,(H2,11,16). The van der Waals surface area contributed by atoms with Gasteiger partial charge in [-0.25, -0.2) is 0 Å². The van der Waals surface area contributed by atoms with Gasteiger partial charge >= 0.3 is 0 Å². The van der Waals surface area contributed by atoms with Crippen molar-refractivity contribution in [2.45, 2.75) is 6.04 Å². The van der Waals surface area contributed by atoms with Crippen LogP contribution in [0.2, 0.25) is 5.02 Å². The molecule has 0 aliphatic carbocycles. The molecule has 6 nitrogen and oxygen atoms in total. The highest BCUT2D eigenvalue weighted by atomic mass is 35.5. The summed E-state index contributed by atoms with van der Waals surface area (Å²) in [5.74, 6) is -0.604. The molecule has 1 atom stereocenters. The van der Waals surface area contributed by atoms with Crippen molar-refractivity contribution in [3.05, 3.63) is 39.7 Å². The fourth-order valence-corrected chi connectivity index (χ4v) is 1.28. The Labute approximate surface area is 97.0 Å². The zero-order chi connectivity index (χ0) is 12.0. The second-order valence-electron chi connectivity index (χ2n) is 2.99. The fraction of sp³-hybridized carbons (Fsp3) is 0.222. The molecule has 0 radical (unpaired) electrons. The number of halogens is 1. The smallest absolute Gasteiger partial charge is 0.240 e. The molecule has 0 aliphatic heterocycles. The Morgan fingerprint density at radius 2 is 2.31 bits per heavy atom. The van der Waals surface area contributed by atoms with Crippen LogP contribution >= 0.6 is 11.6 Å². The molecule has 1 amide bonds. The third kappa shape index (κ3) is 3.34. The monoisotopic (exact) mass is 239 g/mol. The van der Waals surface area contributed by atoms with Crippen LogP contribution in [0.5, 0.6) is 0 Å². The average Bonchev–Trinajstić information content (AvgIpc) is 2.26. The predicted octanol–water partition coefficient (Wildman–Crippen LogP) is 1.92. The van der Waals surface area contributed by atoms with Crippen molar-refractivity contribution in [2.24, 2.45) is 10.8 Å². The number of amides is 1. The normalized spacial score (nSPS) is 11.3. The molecule has 0 bridgehead atoms. The number of carbonyl (C=O) groups excluding carboxylic acids is 1. The van der Waals surface area contributed by atoms with E-state index >= 15 is 0 Å². The van der Waals surface area contributed by atoms with Crippen LogP contribution in [-0.4, -0.2) is 18.5 Å². The van der Waals surface area contributed by atoms with Gasteiger partial charge in [0.2, 0.25) is 5.91 Å². The number of hydrogen-bond acceptors (Lipinski definition) is 3. The van der Waals surface area contributed by atoms with Gasteiger partial charge in [-0.05, 0) is 17.7 Å². The van der Waals surface area contributed by atoms with Crippen LogP contribution < -0.4 is 11.1 Å². The lowest BCUT2D eigenvalue weighted by molar-refractivity contribution is -0.118. The number of carbonyl (C=O) groups is 1. The number of nitrogens with zero attached hydrogens (tertiary/aromatic N) is 3. The number of nitrogens with one attached hydrogen (secondary N) is 1. The summed E-state index contributed by atoms with van der Waals surface area (Å²) in [6.07, 6.45) is 0. The van der Waals surface area contributed by atoms with Gasteiger partial charge in [0.05, 0.1) is 17.3 Å². The lowest BCUT2D eigenvalue weighted by atomic mass is 10.2. The first-order valence-electron chi connectivity index (χ1n) is 4.46. The highest BCUT2D eigenvalue weighted by Gasteiger charge is 2.14. The van der Waals surface area contributed by atoms with E-state index in [0.29, 0.717) is 10.7 Å². The maximum Gasteiger partial charge on any atom is 0.240 e. The third-order valence-electron chi connectivity index (χ3n) is 1.87. The molecule has 0 aromatic heterocycles. The van der Waals surface area contributed by atoms with Crippen molar-refractivity contribution in [3.8, 4) is 0 Å². The van der Waals surface area contributed by atoms with Crippen molar-refractivity contribution >= 4 is 23.2 Å².